The molecule has 7 heteroatoms. The van der Waals surface area contributed by atoms with Crippen molar-refractivity contribution < 1.29 is 13.2 Å². The number of nitrogens with zero attached hydrogens (tertiary/aromatic N) is 2. The normalized spacial score (nSPS) is 17.2. The zero-order valence-corrected chi connectivity index (χ0v) is 21.1. The van der Waals surface area contributed by atoms with Gasteiger partial charge in [0.1, 0.15) is 0 Å². The lowest BCUT2D eigenvalue weighted by Crippen LogP contribution is -2.39. The monoisotopic (exact) mass is 508 g/mol. The van der Waals surface area contributed by atoms with E-state index in [2.05, 4.69) is 24.3 Å². The van der Waals surface area contributed by atoms with Gasteiger partial charge in [0.2, 0.25) is 10.0 Å². The number of fused-ring (bicyclic) bond motifs is 1. The molecular formula is C28H29ClN2O3S. The first-order valence-corrected chi connectivity index (χ1v) is 14.0. The van der Waals surface area contributed by atoms with Gasteiger partial charge in [-0.15, -0.1) is 0 Å². The first-order chi connectivity index (χ1) is 16.9. The molecule has 2 aliphatic rings. The summed E-state index contributed by atoms with van der Waals surface area (Å²) in [5.41, 5.74) is 3.51. The summed E-state index contributed by atoms with van der Waals surface area (Å²) in [6, 6.07) is 22.5. The number of piperidine rings is 1. The number of rotatable bonds is 5. The molecule has 2 heterocycles. The summed E-state index contributed by atoms with van der Waals surface area (Å²) in [6.45, 7) is 1.67. The lowest BCUT2D eigenvalue weighted by Gasteiger charge is -2.32. The SMILES string of the molecule is O=C(c1cccc(Cl)c1)N1CCCc2cc(S(=O)(=O)N3CCC(Cc4ccccc4)CC3)ccc21. The number of hydrogen-bond donors (Lipinski definition) is 0. The second kappa shape index (κ2) is 10.1. The topological polar surface area (TPSA) is 57.7 Å². The van der Waals surface area contributed by atoms with E-state index in [0.717, 1.165) is 43.4 Å². The molecule has 0 aromatic heterocycles. The summed E-state index contributed by atoms with van der Waals surface area (Å²) in [4.78, 5) is 15.2. The minimum Gasteiger partial charge on any atom is -0.308 e. The fraction of sp³-hybridized carbons (Fsp3) is 0.321. The quantitative estimate of drug-likeness (QED) is 0.452. The van der Waals surface area contributed by atoms with Crippen LogP contribution in [0.5, 0.6) is 0 Å². The first kappa shape index (κ1) is 24.0. The molecule has 1 saturated heterocycles. The highest BCUT2D eigenvalue weighted by atomic mass is 35.5. The Labute approximate surface area is 212 Å². The molecule has 0 unspecified atom stereocenters. The Morgan fingerprint density at radius 2 is 1.69 bits per heavy atom. The molecule has 1 fully saturated rings. The van der Waals surface area contributed by atoms with Gasteiger partial charge in [0.15, 0.2) is 0 Å². The smallest absolute Gasteiger partial charge is 0.258 e. The lowest BCUT2D eigenvalue weighted by molar-refractivity contribution is 0.0985. The maximum atomic E-state index is 13.4. The van der Waals surface area contributed by atoms with Crippen LogP contribution in [-0.2, 0) is 22.9 Å². The van der Waals surface area contributed by atoms with Crippen molar-refractivity contribution in [2.24, 2.45) is 5.92 Å². The number of amides is 1. The van der Waals surface area contributed by atoms with Crippen molar-refractivity contribution >= 4 is 33.2 Å². The number of benzene rings is 3. The van der Waals surface area contributed by atoms with E-state index in [9.17, 15) is 13.2 Å². The van der Waals surface area contributed by atoms with E-state index in [4.69, 9.17) is 11.6 Å². The maximum absolute atomic E-state index is 13.4. The number of anilines is 1. The van der Waals surface area contributed by atoms with Crippen molar-refractivity contribution in [2.75, 3.05) is 24.5 Å². The summed E-state index contributed by atoms with van der Waals surface area (Å²) in [6.07, 6.45) is 4.25. The van der Waals surface area contributed by atoms with E-state index in [-0.39, 0.29) is 5.91 Å². The molecule has 0 atom stereocenters. The van der Waals surface area contributed by atoms with Crippen LogP contribution in [0, 0.1) is 5.92 Å². The molecule has 2 aliphatic heterocycles. The van der Waals surface area contributed by atoms with E-state index < -0.39 is 10.0 Å². The lowest BCUT2D eigenvalue weighted by atomic mass is 9.91. The van der Waals surface area contributed by atoms with Crippen molar-refractivity contribution in [3.8, 4) is 0 Å². The van der Waals surface area contributed by atoms with Gasteiger partial charge in [-0.2, -0.15) is 4.31 Å². The highest BCUT2D eigenvalue weighted by Crippen LogP contribution is 2.33. The van der Waals surface area contributed by atoms with Crippen molar-refractivity contribution in [2.45, 2.75) is 37.0 Å². The van der Waals surface area contributed by atoms with Crippen molar-refractivity contribution in [1.82, 2.24) is 4.31 Å². The standard InChI is InChI=1S/C28H29ClN2O3S/c29-25-10-4-8-24(19-25)28(32)31-15-5-9-23-20-26(11-12-27(23)31)35(33,34)30-16-13-22(14-17-30)18-21-6-2-1-3-7-21/h1-4,6-8,10-12,19-20,22H,5,9,13-18H2. The van der Waals surface area contributed by atoms with E-state index in [1.165, 1.54) is 5.56 Å². The van der Waals surface area contributed by atoms with Gasteiger partial charge in [-0.25, -0.2) is 8.42 Å². The van der Waals surface area contributed by atoms with E-state index in [1.807, 2.05) is 6.07 Å². The summed E-state index contributed by atoms with van der Waals surface area (Å²) >= 11 is 6.08. The van der Waals surface area contributed by atoms with Gasteiger partial charge in [-0.05, 0) is 85.5 Å². The van der Waals surface area contributed by atoms with Crippen molar-refractivity contribution in [3.05, 3.63) is 94.5 Å². The van der Waals surface area contributed by atoms with Gasteiger partial charge in [0.25, 0.3) is 5.91 Å². The van der Waals surface area contributed by atoms with Crippen LogP contribution in [0.3, 0.4) is 0 Å². The predicted octanol–water partition coefficient (Wildman–Crippen LogP) is 5.58. The number of aryl methyl sites for hydroxylation is 1. The second-order valence-corrected chi connectivity index (χ2v) is 11.8. The van der Waals surface area contributed by atoms with Crippen molar-refractivity contribution in [1.29, 1.82) is 0 Å². The zero-order chi connectivity index (χ0) is 24.4. The molecule has 182 valence electrons. The molecule has 3 aromatic carbocycles. The Bertz CT molecular complexity index is 1320. The Morgan fingerprint density at radius 1 is 0.914 bits per heavy atom. The average molecular weight is 509 g/mol. The fourth-order valence-corrected chi connectivity index (χ4v) is 6.88. The van der Waals surface area contributed by atoms with Crippen LogP contribution in [-0.4, -0.2) is 38.3 Å². The van der Waals surface area contributed by atoms with E-state index in [1.54, 1.807) is 51.7 Å². The van der Waals surface area contributed by atoms with Gasteiger partial charge >= 0.3 is 0 Å². The molecule has 0 saturated carbocycles. The fourth-order valence-electron chi connectivity index (χ4n) is 5.17. The number of hydrogen-bond acceptors (Lipinski definition) is 3. The Balaban J connectivity index is 1.31. The molecule has 0 radical (unpaired) electrons. The molecule has 3 aromatic rings. The molecule has 5 rings (SSSR count). The molecule has 0 bridgehead atoms. The van der Waals surface area contributed by atoms with Crippen LogP contribution >= 0.6 is 11.6 Å². The Morgan fingerprint density at radius 3 is 2.43 bits per heavy atom. The third-order valence-electron chi connectivity index (χ3n) is 7.06. The Kier molecular flexibility index (Phi) is 6.96. The zero-order valence-electron chi connectivity index (χ0n) is 19.6. The molecule has 0 aliphatic carbocycles. The number of sulfonamides is 1. The molecular weight excluding hydrogens is 480 g/mol. The minimum absolute atomic E-state index is 0.121. The molecule has 0 N–H and O–H groups in total. The summed E-state index contributed by atoms with van der Waals surface area (Å²) in [5, 5.41) is 0.516. The highest BCUT2D eigenvalue weighted by molar-refractivity contribution is 7.89. The summed E-state index contributed by atoms with van der Waals surface area (Å²) in [7, 11) is -3.57. The molecule has 1 amide bonds. The number of carbonyl (C=O) groups is 1. The summed E-state index contributed by atoms with van der Waals surface area (Å²) in [5.74, 6) is 0.378. The third-order valence-corrected chi connectivity index (χ3v) is 9.19. The minimum atomic E-state index is -3.57. The largest absolute Gasteiger partial charge is 0.308 e. The number of carbonyl (C=O) groups excluding carboxylic acids is 1. The third kappa shape index (κ3) is 5.15. The second-order valence-electron chi connectivity index (χ2n) is 9.40. The van der Waals surface area contributed by atoms with Crippen LogP contribution < -0.4 is 4.90 Å². The Hall–Kier alpha value is -2.67. The van der Waals surface area contributed by atoms with E-state index in [0.29, 0.717) is 41.0 Å². The molecule has 5 nitrogen and oxygen atoms in total. The maximum Gasteiger partial charge on any atom is 0.258 e. The van der Waals surface area contributed by atoms with Gasteiger partial charge in [-0.1, -0.05) is 48.0 Å². The van der Waals surface area contributed by atoms with Crippen LogP contribution in [0.1, 0.15) is 40.7 Å². The van der Waals surface area contributed by atoms with Gasteiger partial charge in [-0.3, -0.25) is 4.79 Å². The van der Waals surface area contributed by atoms with Crippen LogP contribution in [0.15, 0.2) is 77.7 Å². The first-order valence-electron chi connectivity index (χ1n) is 12.2. The van der Waals surface area contributed by atoms with Crippen LogP contribution in [0.25, 0.3) is 0 Å². The van der Waals surface area contributed by atoms with Gasteiger partial charge in [0.05, 0.1) is 4.90 Å². The van der Waals surface area contributed by atoms with E-state index >= 15 is 0 Å². The molecule has 35 heavy (non-hydrogen) atoms. The number of halogens is 1. The van der Waals surface area contributed by atoms with Crippen molar-refractivity contribution in [3.63, 3.8) is 0 Å². The summed E-state index contributed by atoms with van der Waals surface area (Å²) < 4.78 is 28.5. The van der Waals surface area contributed by atoms with Crippen LogP contribution in [0.2, 0.25) is 5.02 Å². The van der Waals surface area contributed by atoms with Gasteiger partial charge in [0, 0.05) is 35.9 Å². The van der Waals surface area contributed by atoms with Crippen LogP contribution in [0.4, 0.5) is 5.69 Å². The molecule has 0 spiro atoms. The average Bonchev–Trinajstić information content (AvgIpc) is 2.88. The van der Waals surface area contributed by atoms with Gasteiger partial charge < -0.3 is 4.90 Å². The predicted molar refractivity (Wildman–Crippen MR) is 140 cm³/mol. The highest BCUT2D eigenvalue weighted by Gasteiger charge is 2.31.